The second kappa shape index (κ2) is 47.2. The third kappa shape index (κ3) is 44.9. The Hall–Kier alpha value is -2.30. The number of rotatable bonds is 48. The SMILES string of the molecule is CCCC/C=C\CCCCCCCC(=O)OCC(COP(=O)(O)OCC(CO)OC(=O)CCCCCCCCCCCCC)OC(=O)CCCCCCC/C=C\C/C=C\CCCCC. The Balaban J connectivity index is 4.76. The van der Waals surface area contributed by atoms with Gasteiger partial charge in [0.1, 0.15) is 12.7 Å². The highest BCUT2D eigenvalue weighted by Gasteiger charge is 2.28. The molecule has 374 valence electrons. The van der Waals surface area contributed by atoms with Gasteiger partial charge in [-0.25, -0.2) is 4.57 Å². The lowest BCUT2D eigenvalue weighted by Crippen LogP contribution is -2.30. The minimum absolute atomic E-state index is 0.152. The molecule has 0 saturated heterocycles. The zero-order chi connectivity index (χ0) is 47.0. The fourth-order valence-corrected chi connectivity index (χ4v) is 7.80. The highest BCUT2D eigenvalue weighted by molar-refractivity contribution is 7.47. The summed E-state index contributed by atoms with van der Waals surface area (Å²) in [5.41, 5.74) is 0. The van der Waals surface area contributed by atoms with E-state index >= 15 is 0 Å². The van der Waals surface area contributed by atoms with Gasteiger partial charge in [-0.1, -0.05) is 186 Å². The molecule has 2 N–H and O–H groups in total. The first kappa shape index (κ1) is 61.7. The minimum atomic E-state index is -4.74. The fraction of sp³-hybridized carbons (Fsp3) is 0.827. The molecular formula is C52H95O11P. The number of aliphatic hydroxyl groups is 1. The lowest BCUT2D eigenvalue weighted by Gasteiger charge is -2.21. The van der Waals surface area contributed by atoms with Gasteiger partial charge >= 0.3 is 25.7 Å². The Morgan fingerprint density at radius 2 is 0.781 bits per heavy atom. The number of allylic oxidation sites excluding steroid dienone is 6. The molecule has 0 rings (SSSR count). The monoisotopic (exact) mass is 927 g/mol. The predicted octanol–water partition coefficient (Wildman–Crippen LogP) is 14.5. The summed E-state index contributed by atoms with van der Waals surface area (Å²) in [6.45, 7) is 4.54. The summed E-state index contributed by atoms with van der Waals surface area (Å²) in [6, 6.07) is 0. The number of phosphoric ester groups is 1. The number of ether oxygens (including phenoxy) is 3. The van der Waals surface area contributed by atoms with E-state index in [4.69, 9.17) is 23.3 Å². The average molecular weight is 927 g/mol. The van der Waals surface area contributed by atoms with Gasteiger partial charge in [0.2, 0.25) is 0 Å². The number of aliphatic hydroxyl groups excluding tert-OH is 1. The molecule has 11 nitrogen and oxygen atoms in total. The van der Waals surface area contributed by atoms with Gasteiger partial charge < -0.3 is 24.2 Å². The van der Waals surface area contributed by atoms with Crippen LogP contribution in [0.1, 0.15) is 239 Å². The van der Waals surface area contributed by atoms with E-state index in [2.05, 4.69) is 57.2 Å². The topological polar surface area (TPSA) is 155 Å². The summed E-state index contributed by atoms with van der Waals surface area (Å²) < 4.78 is 39.3. The van der Waals surface area contributed by atoms with Crippen molar-refractivity contribution in [2.45, 2.75) is 251 Å². The van der Waals surface area contributed by atoms with Crippen LogP contribution in [0, 0.1) is 0 Å². The number of carbonyl (C=O) groups is 3. The maximum Gasteiger partial charge on any atom is 0.472 e. The molecule has 0 amide bonds. The van der Waals surface area contributed by atoms with Gasteiger partial charge in [0, 0.05) is 19.3 Å². The van der Waals surface area contributed by atoms with Crippen LogP contribution in [0.5, 0.6) is 0 Å². The van der Waals surface area contributed by atoms with Gasteiger partial charge in [0.15, 0.2) is 6.10 Å². The third-order valence-electron chi connectivity index (χ3n) is 11.0. The first-order chi connectivity index (χ1) is 31.2. The van der Waals surface area contributed by atoms with Gasteiger partial charge in [0.05, 0.1) is 19.8 Å². The molecule has 0 aliphatic rings. The molecule has 0 aromatic rings. The molecule has 3 unspecified atom stereocenters. The van der Waals surface area contributed by atoms with Crippen LogP contribution in [-0.2, 0) is 42.2 Å². The van der Waals surface area contributed by atoms with Crippen LogP contribution < -0.4 is 0 Å². The molecule has 0 aromatic carbocycles. The van der Waals surface area contributed by atoms with E-state index in [1.165, 1.54) is 77.0 Å². The lowest BCUT2D eigenvalue weighted by atomic mass is 10.1. The van der Waals surface area contributed by atoms with Crippen molar-refractivity contribution in [3.05, 3.63) is 36.5 Å². The van der Waals surface area contributed by atoms with E-state index in [1.807, 2.05) is 0 Å². The van der Waals surface area contributed by atoms with Crippen molar-refractivity contribution in [1.29, 1.82) is 0 Å². The van der Waals surface area contributed by atoms with Crippen molar-refractivity contribution >= 4 is 25.7 Å². The fourth-order valence-electron chi connectivity index (χ4n) is 7.01. The number of carbonyl (C=O) groups excluding carboxylic acids is 3. The molecule has 0 aliphatic heterocycles. The number of hydrogen-bond donors (Lipinski definition) is 2. The molecule has 64 heavy (non-hydrogen) atoms. The van der Waals surface area contributed by atoms with E-state index in [0.29, 0.717) is 19.3 Å². The van der Waals surface area contributed by atoms with Crippen LogP contribution in [0.2, 0.25) is 0 Å². The summed E-state index contributed by atoms with van der Waals surface area (Å²) in [4.78, 5) is 48.2. The quantitative estimate of drug-likeness (QED) is 0.0197. The molecule has 0 bridgehead atoms. The summed E-state index contributed by atoms with van der Waals surface area (Å²) in [7, 11) is -4.74. The minimum Gasteiger partial charge on any atom is -0.462 e. The van der Waals surface area contributed by atoms with Crippen molar-refractivity contribution in [3.8, 4) is 0 Å². The van der Waals surface area contributed by atoms with E-state index in [1.54, 1.807) is 0 Å². The average Bonchev–Trinajstić information content (AvgIpc) is 3.28. The van der Waals surface area contributed by atoms with Crippen LogP contribution in [0.3, 0.4) is 0 Å². The first-order valence-electron chi connectivity index (χ1n) is 25.9. The largest absolute Gasteiger partial charge is 0.472 e. The van der Waals surface area contributed by atoms with Crippen molar-refractivity contribution in [1.82, 2.24) is 0 Å². The number of unbranched alkanes of at least 4 members (excludes halogenated alkanes) is 25. The molecular weight excluding hydrogens is 832 g/mol. The molecule has 0 heterocycles. The Morgan fingerprint density at radius 3 is 1.25 bits per heavy atom. The molecule has 0 fully saturated rings. The highest BCUT2D eigenvalue weighted by atomic mass is 31.2. The van der Waals surface area contributed by atoms with Crippen LogP contribution in [0.4, 0.5) is 0 Å². The molecule has 0 aromatic heterocycles. The van der Waals surface area contributed by atoms with Gasteiger partial charge in [0.25, 0.3) is 0 Å². The Bertz CT molecular complexity index is 1220. The van der Waals surface area contributed by atoms with Crippen molar-refractivity contribution in [2.24, 2.45) is 0 Å². The molecule has 3 atom stereocenters. The zero-order valence-corrected chi connectivity index (χ0v) is 41.9. The van der Waals surface area contributed by atoms with Crippen LogP contribution in [0.25, 0.3) is 0 Å². The van der Waals surface area contributed by atoms with Crippen LogP contribution in [-0.4, -0.2) is 66.5 Å². The predicted molar refractivity (Wildman–Crippen MR) is 261 cm³/mol. The molecule has 0 saturated carbocycles. The van der Waals surface area contributed by atoms with E-state index in [0.717, 1.165) is 103 Å². The van der Waals surface area contributed by atoms with Crippen LogP contribution >= 0.6 is 7.82 Å². The molecule has 0 aliphatic carbocycles. The normalized spacial score (nSPS) is 13.8. The number of esters is 3. The van der Waals surface area contributed by atoms with Crippen LogP contribution in [0.15, 0.2) is 36.5 Å². The lowest BCUT2D eigenvalue weighted by molar-refractivity contribution is -0.161. The maximum absolute atomic E-state index is 12.8. The maximum atomic E-state index is 12.8. The zero-order valence-electron chi connectivity index (χ0n) is 41.0. The molecule has 0 spiro atoms. The Morgan fingerprint density at radius 1 is 0.438 bits per heavy atom. The Kier molecular flexibility index (Phi) is 45.5. The Labute approximate surface area is 390 Å². The molecule has 12 heteroatoms. The third-order valence-corrected chi connectivity index (χ3v) is 12.0. The molecule has 0 radical (unpaired) electrons. The number of phosphoric acid groups is 1. The highest BCUT2D eigenvalue weighted by Crippen LogP contribution is 2.43. The second-order valence-corrected chi connectivity index (χ2v) is 18.8. The van der Waals surface area contributed by atoms with Gasteiger partial charge in [-0.15, -0.1) is 0 Å². The van der Waals surface area contributed by atoms with Gasteiger partial charge in [-0.2, -0.15) is 0 Å². The summed E-state index contributed by atoms with van der Waals surface area (Å²) in [5, 5.41) is 9.75. The summed E-state index contributed by atoms with van der Waals surface area (Å²) in [5.74, 6) is -1.48. The summed E-state index contributed by atoms with van der Waals surface area (Å²) >= 11 is 0. The summed E-state index contributed by atoms with van der Waals surface area (Å²) in [6.07, 6.45) is 45.4. The van der Waals surface area contributed by atoms with Gasteiger partial charge in [-0.05, 0) is 70.6 Å². The smallest absolute Gasteiger partial charge is 0.462 e. The standard InChI is InChI=1S/C52H95O11P/c1-4-7-10-13-16-19-22-23-24-25-28-31-34-37-40-43-52(56)63-49(45-59-50(54)41-38-35-32-29-26-20-17-14-11-8-5-2)47-61-64(57,58)60-46-48(44-53)62-51(55)42-39-36-33-30-27-21-18-15-12-9-6-3/h14,16-17,19,23-24,48-49,53H,4-13,15,18,20-22,25-47H2,1-3H3,(H,57,58)/b17-14-,19-16-,24-23-. The van der Waals surface area contributed by atoms with E-state index in [9.17, 15) is 28.9 Å². The van der Waals surface area contributed by atoms with Crippen molar-refractivity contribution in [3.63, 3.8) is 0 Å². The van der Waals surface area contributed by atoms with Gasteiger partial charge in [-0.3, -0.25) is 23.4 Å². The van der Waals surface area contributed by atoms with Crippen molar-refractivity contribution in [2.75, 3.05) is 26.4 Å². The van der Waals surface area contributed by atoms with E-state index < -0.39 is 57.8 Å². The number of hydrogen-bond acceptors (Lipinski definition) is 10. The van der Waals surface area contributed by atoms with E-state index in [-0.39, 0.29) is 25.9 Å². The van der Waals surface area contributed by atoms with Crippen molar-refractivity contribution < 1.29 is 52.2 Å². The second-order valence-electron chi connectivity index (χ2n) is 17.3. The first-order valence-corrected chi connectivity index (χ1v) is 27.4.